The van der Waals surface area contributed by atoms with Gasteiger partial charge in [0.2, 0.25) is 0 Å². The Labute approximate surface area is 111 Å². The fourth-order valence-electron chi connectivity index (χ4n) is 1.53. The van der Waals surface area contributed by atoms with Crippen molar-refractivity contribution in [2.75, 3.05) is 39.5 Å². The number of ether oxygens (including phenoxy) is 2. The van der Waals surface area contributed by atoms with Gasteiger partial charge in [-0.3, -0.25) is 9.59 Å². The third-order valence-corrected chi connectivity index (χ3v) is 2.45. The molecule has 0 radical (unpaired) electrons. The van der Waals surface area contributed by atoms with Gasteiger partial charge in [-0.25, -0.2) is 0 Å². The average molecular weight is 267 g/mol. The Morgan fingerprint density at radius 3 is 2.74 bits per heavy atom. The van der Waals surface area contributed by atoms with Crippen molar-refractivity contribution in [3.05, 3.63) is 11.8 Å². The minimum absolute atomic E-state index is 0.0359. The molecule has 19 heavy (non-hydrogen) atoms. The largest absolute Gasteiger partial charge is 0.465 e. The summed E-state index contributed by atoms with van der Waals surface area (Å²) >= 11 is 0. The van der Waals surface area contributed by atoms with Gasteiger partial charge in [0.1, 0.15) is 18.2 Å². The van der Waals surface area contributed by atoms with Gasteiger partial charge in [-0.2, -0.15) is 5.26 Å². The predicted molar refractivity (Wildman–Crippen MR) is 65.7 cm³/mol. The van der Waals surface area contributed by atoms with Crippen molar-refractivity contribution in [1.29, 1.82) is 5.26 Å². The molecule has 0 spiro atoms. The zero-order valence-corrected chi connectivity index (χ0v) is 10.8. The van der Waals surface area contributed by atoms with Crippen LogP contribution in [-0.2, 0) is 19.1 Å². The van der Waals surface area contributed by atoms with E-state index in [1.54, 1.807) is 11.8 Å². The maximum atomic E-state index is 12.0. The highest BCUT2D eigenvalue weighted by molar-refractivity contribution is 5.97. The highest BCUT2D eigenvalue weighted by atomic mass is 16.5. The van der Waals surface area contributed by atoms with E-state index >= 15 is 0 Å². The van der Waals surface area contributed by atoms with Gasteiger partial charge < -0.3 is 19.7 Å². The normalized spacial score (nSPS) is 15.6. The number of carbonyl (C=O) groups excluding carboxylic acids is 2. The maximum Gasteiger partial charge on any atom is 0.325 e. The molecule has 7 nitrogen and oxygen atoms in total. The average Bonchev–Trinajstić information content (AvgIpc) is 2.44. The Kier molecular flexibility index (Phi) is 6.39. The lowest BCUT2D eigenvalue weighted by molar-refractivity contribution is -0.141. The highest BCUT2D eigenvalue weighted by Crippen LogP contribution is 2.03. The van der Waals surface area contributed by atoms with Gasteiger partial charge >= 0.3 is 5.97 Å². The lowest BCUT2D eigenvalue weighted by Crippen LogP contribution is -2.41. The molecular formula is C12H17N3O4. The van der Waals surface area contributed by atoms with Crippen LogP contribution in [0.3, 0.4) is 0 Å². The lowest BCUT2D eigenvalue weighted by Gasteiger charge is -2.26. The summed E-state index contributed by atoms with van der Waals surface area (Å²) in [6.07, 6.45) is 1.24. The molecule has 1 fully saturated rings. The van der Waals surface area contributed by atoms with E-state index < -0.39 is 5.97 Å². The first-order valence-corrected chi connectivity index (χ1v) is 6.05. The van der Waals surface area contributed by atoms with Crippen molar-refractivity contribution in [2.45, 2.75) is 6.92 Å². The number of hydrogen-bond acceptors (Lipinski definition) is 6. The van der Waals surface area contributed by atoms with Crippen LogP contribution in [0, 0.1) is 11.3 Å². The molecule has 0 unspecified atom stereocenters. The maximum absolute atomic E-state index is 12.0. The van der Waals surface area contributed by atoms with Crippen LogP contribution in [0.5, 0.6) is 0 Å². The third-order valence-electron chi connectivity index (χ3n) is 2.45. The van der Waals surface area contributed by atoms with Gasteiger partial charge in [-0.1, -0.05) is 0 Å². The van der Waals surface area contributed by atoms with Gasteiger partial charge in [-0.05, 0) is 6.92 Å². The van der Waals surface area contributed by atoms with Gasteiger partial charge in [0.25, 0.3) is 5.91 Å². The first-order valence-electron chi connectivity index (χ1n) is 6.05. The second-order valence-corrected chi connectivity index (χ2v) is 3.76. The molecule has 0 aromatic rings. The summed E-state index contributed by atoms with van der Waals surface area (Å²) in [5, 5.41) is 11.5. The topological polar surface area (TPSA) is 91.7 Å². The van der Waals surface area contributed by atoms with Gasteiger partial charge in [0, 0.05) is 19.3 Å². The smallest absolute Gasteiger partial charge is 0.325 e. The van der Waals surface area contributed by atoms with E-state index in [9.17, 15) is 9.59 Å². The Hall–Kier alpha value is -2.07. The first-order chi connectivity index (χ1) is 9.19. The molecule has 0 aliphatic carbocycles. The minimum Gasteiger partial charge on any atom is -0.465 e. The van der Waals surface area contributed by atoms with Crippen LogP contribution in [0.25, 0.3) is 0 Å². The minimum atomic E-state index is -0.435. The van der Waals surface area contributed by atoms with E-state index in [0.717, 1.165) is 0 Å². The Morgan fingerprint density at radius 2 is 2.16 bits per heavy atom. The first kappa shape index (κ1) is 15.0. The van der Waals surface area contributed by atoms with Crippen molar-refractivity contribution >= 4 is 11.9 Å². The number of nitrogens with zero attached hydrogens (tertiary/aromatic N) is 2. The second kappa shape index (κ2) is 8.11. The van der Waals surface area contributed by atoms with E-state index in [0.29, 0.717) is 32.9 Å². The molecule has 0 aromatic carbocycles. The summed E-state index contributed by atoms with van der Waals surface area (Å²) in [6.45, 7) is 3.81. The Balaban J connectivity index is 2.49. The molecule has 0 atom stereocenters. The fraction of sp³-hybridized carbons (Fsp3) is 0.583. The van der Waals surface area contributed by atoms with Gasteiger partial charge in [0.15, 0.2) is 0 Å². The molecule has 1 aliphatic rings. The monoisotopic (exact) mass is 267 g/mol. The zero-order chi connectivity index (χ0) is 14.1. The van der Waals surface area contributed by atoms with Crippen molar-refractivity contribution in [3.8, 4) is 6.07 Å². The molecule has 1 saturated heterocycles. The van der Waals surface area contributed by atoms with Crippen LogP contribution < -0.4 is 5.32 Å². The van der Waals surface area contributed by atoms with E-state index in [1.807, 2.05) is 6.07 Å². The molecule has 104 valence electrons. The molecular weight excluding hydrogens is 250 g/mol. The number of esters is 1. The van der Waals surface area contributed by atoms with Crippen molar-refractivity contribution < 1.29 is 19.1 Å². The molecule has 0 bridgehead atoms. The number of rotatable bonds is 5. The summed E-state index contributed by atoms with van der Waals surface area (Å²) in [5.74, 6) is -0.794. The highest BCUT2D eigenvalue weighted by Gasteiger charge is 2.20. The summed E-state index contributed by atoms with van der Waals surface area (Å²) in [4.78, 5) is 24.6. The quantitative estimate of drug-likeness (QED) is 0.406. The summed E-state index contributed by atoms with van der Waals surface area (Å²) in [7, 11) is 0. The number of amides is 1. The number of morpholine rings is 1. The van der Waals surface area contributed by atoms with Crippen LogP contribution in [0.2, 0.25) is 0 Å². The Bertz CT molecular complexity index is 394. The van der Waals surface area contributed by atoms with Gasteiger partial charge in [0.05, 0.1) is 19.8 Å². The van der Waals surface area contributed by atoms with Crippen LogP contribution in [0.1, 0.15) is 6.92 Å². The molecule has 0 aromatic heterocycles. The lowest BCUT2D eigenvalue weighted by atomic mass is 10.2. The van der Waals surface area contributed by atoms with Crippen molar-refractivity contribution in [3.63, 3.8) is 0 Å². The summed E-state index contributed by atoms with van der Waals surface area (Å²) in [5.41, 5.74) is -0.0359. The number of nitrogens with one attached hydrogen (secondary N) is 1. The standard InChI is InChI=1S/C12H17N3O4/c1-2-19-11(16)9-14-8-10(7-13)12(17)15-3-5-18-6-4-15/h8,14H,2-6,9H2,1H3/b10-8-. The van der Waals surface area contributed by atoms with E-state index in [2.05, 4.69) is 5.32 Å². The predicted octanol–water partition coefficient (Wildman–Crippen LogP) is -0.595. The summed E-state index contributed by atoms with van der Waals surface area (Å²) < 4.78 is 9.84. The molecule has 1 amide bonds. The van der Waals surface area contributed by atoms with Crippen LogP contribution in [0.4, 0.5) is 0 Å². The van der Waals surface area contributed by atoms with Crippen LogP contribution >= 0.6 is 0 Å². The third kappa shape index (κ3) is 4.97. The van der Waals surface area contributed by atoms with Crippen molar-refractivity contribution in [1.82, 2.24) is 10.2 Å². The van der Waals surface area contributed by atoms with E-state index in [1.165, 1.54) is 6.20 Å². The Morgan fingerprint density at radius 1 is 1.47 bits per heavy atom. The van der Waals surface area contributed by atoms with Crippen molar-refractivity contribution in [2.24, 2.45) is 0 Å². The van der Waals surface area contributed by atoms with Crippen LogP contribution in [-0.4, -0.2) is 56.2 Å². The molecule has 0 saturated carbocycles. The second-order valence-electron chi connectivity index (χ2n) is 3.76. The SMILES string of the molecule is CCOC(=O)CN/C=C(/C#N)C(=O)N1CCOCC1. The molecule has 1 heterocycles. The van der Waals surface area contributed by atoms with E-state index in [4.69, 9.17) is 14.7 Å². The zero-order valence-electron chi connectivity index (χ0n) is 10.8. The number of nitriles is 1. The fourth-order valence-corrected chi connectivity index (χ4v) is 1.53. The van der Waals surface area contributed by atoms with Gasteiger partial charge in [-0.15, -0.1) is 0 Å². The number of carbonyl (C=O) groups is 2. The molecule has 1 rings (SSSR count). The molecule has 7 heteroatoms. The van der Waals surface area contributed by atoms with E-state index in [-0.39, 0.29) is 18.0 Å². The number of hydrogen-bond donors (Lipinski definition) is 1. The van der Waals surface area contributed by atoms with Crippen LogP contribution in [0.15, 0.2) is 11.8 Å². The molecule has 1 aliphatic heterocycles. The molecule has 1 N–H and O–H groups in total. The summed E-state index contributed by atoms with van der Waals surface area (Å²) in [6, 6.07) is 1.82.